The van der Waals surface area contributed by atoms with Crippen LogP contribution in [0.5, 0.6) is 0 Å². The predicted octanol–water partition coefficient (Wildman–Crippen LogP) is 0.505. The molecule has 1 amide bonds. The number of cyclic esters (lactones) is 1. The lowest BCUT2D eigenvalue weighted by atomic mass is 10.2. The maximum atomic E-state index is 14.1. The number of amides is 1. The van der Waals surface area contributed by atoms with Crippen LogP contribution in [0.3, 0.4) is 0 Å². The molecule has 1 saturated heterocycles. The van der Waals surface area contributed by atoms with Crippen molar-refractivity contribution in [3.05, 3.63) is 24.0 Å². The zero-order valence-corrected chi connectivity index (χ0v) is 12.4. The number of nitrogens with two attached hydrogens (primary N) is 1. The van der Waals surface area contributed by atoms with Crippen molar-refractivity contribution >= 4 is 27.5 Å². The van der Waals surface area contributed by atoms with Crippen molar-refractivity contribution in [1.82, 2.24) is 0 Å². The molecular formula is C12H16FN3O4S. The Morgan fingerprint density at radius 2 is 2.19 bits per heavy atom. The highest BCUT2D eigenvalue weighted by atomic mass is 32.2. The number of rotatable bonds is 4. The topological polar surface area (TPSA) is 92.9 Å². The van der Waals surface area contributed by atoms with E-state index in [2.05, 4.69) is 0 Å². The molecule has 116 valence electrons. The van der Waals surface area contributed by atoms with E-state index in [0.717, 1.165) is 16.6 Å². The first kappa shape index (κ1) is 15.5. The molecule has 0 aliphatic carbocycles. The fourth-order valence-corrected chi connectivity index (χ4v) is 2.46. The van der Waals surface area contributed by atoms with Gasteiger partial charge < -0.3 is 10.5 Å². The Morgan fingerprint density at radius 1 is 1.52 bits per heavy atom. The molecule has 7 nitrogen and oxygen atoms in total. The summed E-state index contributed by atoms with van der Waals surface area (Å²) in [7, 11) is -2.31. The van der Waals surface area contributed by atoms with Gasteiger partial charge in [0, 0.05) is 13.6 Å². The normalized spacial score (nSPS) is 18.8. The first-order valence-corrected chi connectivity index (χ1v) is 8.00. The van der Waals surface area contributed by atoms with Crippen LogP contribution in [0, 0.1) is 5.82 Å². The standard InChI is InChI=1S/C12H16FN3O4S/c1-15(21(2,18)19)11-4-3-8(5-10(11)13)16-7-9(6-14)20-12(16)17/h3-5,9H,6-7,14H2,1-2H3/t9-/m0/s1. The molecule has 0 bridgehead atoms. The number of anilines is 2. The van der Waals surface area contributed by atoms with Gasteiger partial charge in [-0.25, -0.2) is 17.6 Å². The lowest BCUT2D eigenvalue weighted by Crippen LogP contribution is -2.28. The second-order valence-electron chi connectivity index (χ2n) is 4.72. The van der Waals surface area contributed by atoms with Crippen LogP contribution in [-0.4, -0.2) is 47.0 Å². The minimum absolute atomic E-state index is 0.0933. The monoisotopic (exact) mass is 317 g/mol. The number of carbonyl (C=O) groups is 1. The highest BCUT2D eigenvalue weighted by Crippen LogP contribution is 2.28. The highest BCUT2D eigenvalue weighted by molar-refractivity contribution is 7.92. The second kappa shape index (κ2) is 5.49. The Morgan fingerprint density at radius 3 is 2.67 bits per heavy atom. The van der Waals surface area contributed by atoms with Crippen molar-refractivity contribution < 1.29 is 22.3 Å². The number of hydrogen-bond acceptors (Lipinski definition) is 5. The van der Waals surface area contributed by atoms with E-state index in [1.807, 2.05) is 0 Å². The molecule has 1 aromatic carbocycles. The van der Waals surface area contributed by atoms with Gasteiger partial charge in [0.05, 0.1) is 24.2 Å². The van der Waals surface area contributed by atoms with Crippen molar-refractivity contribution in [2.45, 2.75) is 6.10 Å². The fraction of sp³-hybridized carbons (Fsp3) is 0.417. The smallest absolute Gasteiger partial charge is 0.414 e. The lowest BCUT2D eigenvalue weighted by molar-refractivity contribution is 0.145. The quantitative estimate of drug-likeness (QED) is 0.873. The SMILES string of the molecule is CN(c1ccc(N2C[C@H](CN)OC2=O)cc1F)S(C)(=O)=O. The molecule has 2 rings (SSSR count). The summed E-state index contributed by atoms with van der Waals surface area (Å²) in [6.45, 7) is 0.412. The van der Waals surface area contributed by atoms with Gasteiger partial charge in [-0.1, -0.05) is 0 Å². The van der Waals surface area contributed by atoms with Crippen molar-refractivity contribution in [1.29, 1.82) is 0 Å². The first-order chi connectivity index (χ1) is 9.74. The number of carbonyl (C=O) groups excluding carboxylic acids is 1. The summed E-state index contributed by atoms with van der Waals surface area (Å²) in [6.07, 6.45) is -0.0580. The summed E-state index contributed by atoms with van der Waals surface area (Å²) in [6, 6.07) is 3.85. The molecule has 0 aromatic heterocycles. The van der Waals surface area contributed by atoms with Gasteiger partial charge in [0.25, 0.3) is 0 Å². The number of ether oxygens (including phenoxy) is 1. The third kappa shape index (κ3) is 3.08. The Labute approximate surface area is 122 Å². The number of hydrogen-bond donors (Lipinski definition) is 1. The van der Waals surface area contributed by atoms with Gasteiger partial charge in [0.1, 0.15) is 11.9 Å². The number of sulfonamides is 1. The first-order valence-electron chi connectivity index (χ1n) is 6.15. The molecule has 1 aromatic rings. The van der Waals surface area contributed by atoms with Crippen LogP contribution >= 0.6 is 0 Å². The van der Waals surface area contributed by atoms with Crippen molar-refractivity contribution in [2.75, 3.05) is 35.6 Å². The van der Waals surface area contributed by atoms with E-state index in [1.165, 1.54) is 24.1 Å². The molecule has 1 atom stereocenters. The van der Waals surface area contributed by atoms with Crippen molar-refractivity contribution in [3.63, 3.8) is 0 Å². The van der Waals surface area contributed by atoms with Gasteiger partial charge in [-0.15, -0.1) is 0 Å². The summed E-state index contributed by atoms with van der Waals surface area (Å²) >= 11 is 0. The summed E-state index contributed by atoms with van der Waals surface area (Å²) in [4.78, 5) is 12.9. The van der Waals surface area contributed by atoms with Gasteiger partial charge in [0.2, 0.25) is 10.0 Å². The van der Waals surface area contributed by atoms with E-state index in [9.17, 15) is 17.6 Å². The van der Waals surface area contributed by atoms with E-state index >= 15 is 0 Å². The average Bonchev–Trinajstić information content (AvgIpc) is 2.78. The summed E-state index contributed by atoms with van der Waals surface area (Å²) in [5.41, 5.74) is 5.62. The molecule has 21 heavy (non-hydrogen) atoms. The molecule has 0 saturated carbocycles. The molecule has 2 N–H and O–H groups in total. The Balaban J connectivity index is 2.30. The van der Waals surface area contributed by atoms with Crippen LogP contribution in [0.25, 0.3) is 0 Å². The van der Waals surface area contributed by atoms with Crippen molar-refractivity contribution in [2.24, 2.45) is 5.73 Å². The number of benzene rings is 1. The maximum absolute atomic E-state index is 14.1. The Bertz CT molecular complexity index is 664. The zero-order chi connectivity index (χ0) is 15.8. The van der Waals surface area contributed by atoms with E-state index < -0.39 is 28.0 Å². The van der Waals surface area contributed by atoms with Crippen LogP contribution in [0.15, 0.2) is 18.2 Å². The maximum Gasteiger partial charge on any atom is 0.414 e. The van der Waals surface area contributed by atoms with Crippen LogP contribution in [0.2, 0.25) is 0 Å². The van der Waals surface area contributed by atoms with Crippen molar-refractivity contribution in [3.8, 4) is 0 Å². The van der Waals surface area contributed by atoms with Gasteiger partial charge in [-0.2, -0.15) is 0 Å². The lowest BCUT2D eigenvalue weighted by Gasteiger charge is -2.19. The van der Waals surface area contributed by atoms with E-state index in [0.29, 0.717) is 5.69 Å². The Hall–Kier alpha value is -1.87. The molecule has 1 fully saturated rings. The molecule has 1 heterocycles. The largest absolute Gasteiger partial charge is 0.443 e. The third-order valence-electron chi connectivity index (χ3n) is 3.22. The van der Waals surface area contributed by atoms with Gasteiger partial charge in [-0.05, 0) is 18.2 Å². The zero-order valence-electron chi connectivity index (χ0n) is 11.6. The van der Waals surface area contributed by atoms with Crippen LogP contribution in [0.1, 0.15) is 0 Å². The third-order valence-corrected chi connectivity index (χ3v) is 4.41. The summed E-state index contributed by atoms with van der Waals surface area (Å²) in [5, 5.41) is 0. The highest BCUT2D eigenvalue weighted by Gasteiger charge is 2.32. The van der Waals surface area contributed by atoms with Crippen LogP contribution < -0.4 is 14.9 Å². The summed E-state index contributed by atoms with van der Waals surface area (Å²) in [5.74, 6) is -0.746. The molecule has 0 radical (unpaired) electrons. The average molecular weight is 317 g/mol. The number of halogens is 1. The molecule has 9 heteroatoms. The molecule has 0 unspecified atom stereocenters. The van der Waals surface area contributed by atoms with Gasteiger partial charge in [0.15, 0.2) is 0 Å². The minimum atomic E-state index is -3.56. The fourth-order valence-electron chi connectivity index (χ4n) is 1.95. The molecule has 1 aliphatic rings. The second-order valence-corrected chi connectivity index (χ2v) is 6.73. The van der Waals surface area contributed by atoms with Gasteiger partial charge in [-0.3, -0.25) is 9.21 Å². The van der Waals surface area contributed by atoms with E-state index in [-0.39, 0.29) is 18.8 Å². The predicted molar refractivity (Wildman–Crippen MR) is 76.3 cm³/mol. The number of nitrogens with zero attached hydrogens (tertiary/aromatic N) is 2. The van der Waals surface area contributed by atoms with Gasteiger partial charge >= 0.3 is 6.09 Å². The molecular weight excluding hydrogens is 301 g/mol. The van der Waals surface area contributed by atoms with E-state index in [4.69, 9.17) is 10.5 Å². The van der Waals surface area contributed by atoms with Crippen LogP contribution in [-0.2, 0) is 14.8 Å². The molecule has 1 aliphatic heterocycles. The summed E-state index contributed by atoms with van der Waals surface area (Å²) < 4.78 is 42.7. The Kier molecular flexibility index (Phi) is 4.06. The molecule has 0 spiro atoms. The minimum Gasteiger partial charge on any atom is -0.443 e. The van der Waals surface area contributed by atoms with E-state index in [1.54, 1.807) is 0 Å². The van der Waals surface area contributed by atoms with Crippen LogP contribution in [0.4, 0.5) is 20.6 Å².